The maximum atomic E-state index is 5.98. The summed E-state index contributed by atoms with van der Waals surface area (Å²) in [5.41, 5.74) is 0. The summed E-state index contributed by atoms with van der Waals surface area (Å²) in [6, 6.07) is 2.06. The van der Waals surface area contributed by atoms with E-state index in [1.165, 1.54) is 11.3 Å². The van der Waals surface area contributed by atoms with E-state index in [1.807, 2.05) is 0 Å². The monoisotopic (exact) mass is 367 g/mol. The van der Waals surface area contributed by atoms with Gasteiger partial charge in [0.05, 0.1) is 12.7 Å². The molecular weight excluding hydrogens is 350 g/mol. The number of hydrogen-bond donors (Lipinski definition) is 1. The summed E-state index contributed by atoms with van der Waals surface area (Å²) >= 11 is 11.0. The first-order chi connectivity index (χ1) is 9.25. The second-order valence-electron chi connectivity index (χ2n) is 4.57. The van der Waals surface area contributed by atoms with Crippen molar-refractivity contribution in [1.29, 1.82) is 0 Å². The maximum absolute atomic E-state index is 5.98. The van der Waals surface area contributed by atoms with Crippen LogP contribution < -0.4 is 5.32 Å². The van der Waals surface area contributed by atoms with E-state index in [2.05, 4.69) is 27.3 Å². The minimum atomic E-state index is 0.332. The zero-order valence-corrected chi connectivity index (χ0v) is 14.0. The van der Waals surface area contributed by atoms with Crippen LogP contribution in [0.25, 0.3) is 0 Å². The van der Waals surface area contributed by atoms with Crippen LogP contribution in [0.1, 0.15) is 24.1 Å². The standard InChI is InChI=1S/C13H19BrClNO2S/c14-12-7-11(19-13(12)15)8-16-4-2-5-17-9-10-3-1-6-18-10/h7,10,16H,1-6,8-9H2. The Morgan fingerprint density at radius 2 is 2.47 bits per heavy atom. The Bertz CT molecular complexity index is 363. The van der Waals surface area contributed by atoms with E-state index in [1.54, 1.807) is 11.3 Å². The highest BCUT2D eigenvalue weighted by Gasteiger charge is 2.14. The number of thiophene rings is 1. The second-order valence-corrected chi connectivity index (χ2v) is 7.17. The van der Waals surface area contributed by atoms with Gasteiger partial charge in [-0.05, 0) is 47.8 Å². The molecule has 1 atom stereocenters. The largest absolute Gasteiger partial charge is 0.379 e. The number of halogens is 2. The van der Waals surface area contributed by atoms with Crippen molar-refractivity contribution in [1.82, 2.24) is 5.32 Å². The van der Waals surface area contributed by atoms with E-state index in [4.69, 9.17) is 21.1 Å². The first-order valence-corrected chi connectivity index (χ1v) is 8.58. The van der Waals surface area contributed by atoms with Gasteiger partial charge in [0.15, 0.2) is 0 Å². The van der Waals surface area contributed by atoms with Crippen molar-refractivity contribution in [3.63, 3.8) is 0 Å². The summed E-state index contributed by atoms with van der Waals surface area (Å²) in [5, 5.41) is 3.39. The molecule has 1 N–H and O–H groups in total. The van der Waals surface area contributed by atoms with Gasteiger partial charge in [-0.2, -0.15) is 0 Å². The lowest BCUT2D eigenvalue weighted by molar-refractivity contribution is 0.0166. The smallest absolute Gasteiger partial charge is 0.107 e. The molecule has 0 radical (unpaired) electrons. The summed E-state index contributed by atoms with van der Waals surface area (Å²) < 4.78 is 12.9. The molecule has 1 unspecified atom stereocenters. The van der Waals surface area contributed by atoms with E-state index in [0.29, 0.717) is 6.10 Å². The summed E-state index contributed by atoms with van der Waals surface area (Å²) in [6.07, 6.45) is 3.67. The Kier molecular flexibility index (Phi) is 7.12. The molecule has 2 rings (SSSR count). The molecule has 0 spiro atoms. The normalized spacial score (nSPS) is 19.2. The third-order valence-corrected chi connectivity index (χ3v) is 5.44. The first-order valence-electron chi connectivity index (χ1n) is 6.59. The first kappa shape index (κ1) is 15.7. The average Bonchev–Trinajstić information content (AvgIpc) is 2.99. The molecule has 0 bridgehead atoms. The minimum absolute atomic E-state index is 0.332. The van der Waals surface area contributed by atoms with Gasteiger partial charge < -0.3 is 14.8 Å². The van der Waals surface area contributed by atoms with Crippen LogP contribution in [0, 0.1) is 0 Å². The molecular formula is C13H19BrClNO2S. The summed E-state index contributed by atoms with van der Waals surface area (Å²) in [4.78, 5) is 1.25. The Balaban J connectivity index is 1.45. The molecule has 6 heteroatoms. The molecule has 19 heavy (non-hydrogen) atoms. The molecule has 0 aromatic carbocycles. The van der Waals surface area contributed by atoms with Crippen LogP contribution in [0.2, 0.25) is 4.34 Å². The maximum Gasteiger partial charge on any atom is 0.107 e. The Hall–Kier alpha value is 0.350. The summed E-state index contributed by atoms with van der Waals surface area (Å²) in [7, 11) is 0. The van der Waals surface area contributed by atoms with E-state index in [9.17, 15) is 0 Å². The molecule has 0 saturated carbocycles. The lowest BCUT2D eigenvalue weighted by atomic mass is 10.2. The summed E-state index contributed by atoms with van der Waals surface area (Å²) in [6.45, 7) is 4.25. The van der Waals surface area contributed by atoms with Gasteiger partial charge in [-0.3, -0.25) is 0 Å². The van der Waals surface area contributed by atoms with Gasteiger partial charge in [0.25, 0.3) is 0 Å². The Morgan fingerprint density at radius 1 is 1.58 bits per heavy atom. The zero-order chi connectivity index (χ0) is 13.5. The molecule has 1 aromatic rings. The van der Waals surface area contributed by atoms with Gasteiger partial charge in [-0.15, -0.1) is 11.3 Å². The van der Waals surface area contributed by atoms with Gasteiger partial charge >= 0.3 is 0 Å². The second kappa shape index (κ2) is 8.60. The highest BCUT2D eigenvalue weighted by atomic mass is 79.9. The third-order valence-electron chi connectivity index (χ3n) is 2.97. The van der Waals surface area contributed by atoms with E-state index < -0.39 is 0 Å². The van der Waals surface area contributed by atoms with Gasteiger partial charge in [0.2, 0.25) is 0 Å². The van der Waals surface area contributed by atoms with Gasteiger partial charge in [0, 0.05) is 29.1 Å². The molecule has 108 valence electrons. The van der Waals surface area contributed by atoms with Crippen LogP contribution >= 0.6 is 38.9 Å². The van der Waals surface area contributed by atoms with Gasteiger partial charge in [-0.1, -0.05) is 11.6 Å². The van der Waals surface area contributed by atoms with Crippen molar-refractivity contribution >= 4 is 38.9 Å². The molecule has 0 aliphatic carbocycles. The molecule has 1 aromatic heterocycles. The van der Waals surface area contributed by atoms with Crippen LogP contribution in [-0.2, 0) is 16.0 Å². The van der Waals surface area contributed by atoms with Gasteiger partial charge in [-0.25, -0.2) is 0 Å². The highest BCUT2D eigenvalue weighted by Crippen LogP contribution is 2.31. The lowest BCUT2D eigenvalue weighted by Gasteiger charge is -2.10. The van der Waals surface area contributed by atoms with E-state index in [-0.39, 0.29) is 0 Å². The SMILES string of the molecule is Clc1sc(CNCCCOCC2CCCO2)cc1Br. The van der Waals surface area contributed by atoms with E-state index >= 15 is 0 Å². The molecule has 3 nitrogen and oxygen atoms in total. The molecule has 1 fully saturated rings. The summed E-state index contributed by atoms with van der Waals surface area (Å²) in [5.74, 6) is 0. The van der Waals surface area contributed by atoms with Crippen molar-refractivity contribution in [3.8, 4) is 0 Å². The fourth-order valence-electron chi connectivity index (χ4n) is 1.98. The fraction of sp³-hybridized carbons (Fsp3) is 0.692. The molecule has 1 aliphatic rings. The van der Waals surface area contributed by atoms with Gasteiger partial charge in [0.1, 0.15) is 4.34 Å². The predicted molar refractivity (Wildman–Crippen MR) is 83.1 cm³/mol. The average molecular weight is 369 g/mol. The molecule has 2 heterocycles. The number of hydrogen-bond acceptors (Lipinski definition) is 4. The Morgan fingerprint density at radius 3 is 3.16 bits per heavy atom. The van der Waals surface area contributed by atoms with Crippen LogP contribution in [0.4, 0.5) is 0 Å². The number of nitrogens with one attached hydrogen (secondary N) is 1. The number of rotatable bonds is 8. The topological polar surface area (TPSA) is 30.5 Å². The Labute approximate surface area is 131 Å². The van der Waals surface area contributed by atoms with Crippen molar-refractivity contribution in [2.45, 2.75) is 31.9 Å². The van der Waals surface area contributed by atoms with Crippen molar-refractivity contribution in [2.24, 2.45) is 0 Å². The molecule has 0 amide bonds. The lowest BCUT2D eigenvalue weighted by Crippen LogP contribution is -2.18. The molecule has 1 saturated heterocycles. The van der Waals surface area contributed by atoms with Crippen LogP contribution in [0.15, 0.2) is 10.5 Å². The van der Waals surface area contributed by atoms with Crippen molar-refractivity contribution in [3.05, 3.63) is 19.8 Å². The van der Waals surface area contributed by atoms with Crippen LogP contribution in [0.3, 0.4) is 0 Å². The predicted octanol–water partition coefficient (Wildman–Crippen LogP) is 3.84. The minimum Gasteiger partial charge on any atom is -0.379 e. The highest BCUT2D eigenvalue weighted by molar-refractivity contribution is 9.10. The quantitative estimate of drug-likeness (QED) is 0.707. The third kappa shape index (κ3) is 5.69. The number of ether oxygens (including phenoxy) is 2. The molecule has 1 aliphatic heterocycles. The zero-order valence-electron chi connectivity index (χ0n) is 10.8. The van der Waals surface area contributed by atoms with Crippen molar-refractivity contribution < 1.29 is 9.47 Å². The van der Waals surface area contributed by atoms with Crippen LogP contribution in [0.5, 0.6) is 0 Å². The fourth-order valence-corrected chi connectivity index (χ4v) is 3.74. The van der Waals surface area contributed by atoms with Crippen LogP contribution in [-0.4, -0.2) is 32.5 Å². The van der Waals surface area contributed by atoms with Crippen molar-refractivity contribution in [2.75, 3.05) is 26.4 Å². The van der Waals surface area contributed by atoms with E-state index in [0.717, 1.165) is 54.6 Å².